The van der Waals surface area contributed by atoms with E-state index in [0.717, 1.165) is 16.6 Å². The summed E-state index contributed by atoms with van der Waals surface area (Å²) in [5.74, 6) is -0.206. The third kappa shape index (κ3) is 4.38. The van der Waals surface area contributed by atoms with Gasteiger partial charge in [-0.15, -0.1) is 0 Å². The first kappa shape index (κ1) is 20.5. The van der Waals surface area contributed by atoms with Crippen LogP contribution in [0.2, 0.25) is 0 Å². The molecule has 2 aromatic heterocycles. The van der Waals surface area contributed by atoms with Crippen molar-refractivity contribution in [2.24, 2.45) is 0 Å². The van der Waals surface area contributed by atoms with Crippen LogP contribution < -0.4 is 5.32 Å². The normalized spacial score (nSPS) is 10.9. The number of non-ortho nitro benzene ring substituents is 1. The second-order valence-electron chi connectivity index (χ2n) is 6.91. The molecule has 4 aromatic rings. The van der Waals surface area contributed by atoms with Gasteiger partial charge in [0.25, 0.3) is 5.69 Å². The molecule has 0 saturated heterocycles. The number of anilines is 1. The molecule has 31 heavy (non-hydrogen) atoms. The Balaban J connectivity index is 1.52. The number of nitrogens with one attached hydrogen (secondary N) is 1. The standard InChI is InChI=1S/C21H18N6O3S/c1-13-6-7-18(14(2)8-13)26-20-17(10-24-26)21(23-12-22-20)31-11-19(28)25-15-4-3-5-16(9-15)27(29)30/h3-10,12H,11H2,1-2H3,(H,25,28). The van der Waals surface area contributed by atoms with Crippen molar-refractivity contribution in [1.82, 2.24) is 19.7 Å². The maximum atomic E-state index is 12.3. The Morgan fingerprint density at radius 3 is 2.81 bits per heavy atom. The van der Waals surface area contributed by atoms with E-state index in [-0.39, 0.29) is 17.3 Å². The molecule has 0 spiro atoms. The Kier molecular flexibility index (Phi) is 5.63. The quantitative estimate of drug-likeness (QED) is 0.210. The molecule has 2 aromatic carbocycles. The first-order valence-electron chi connectivity index (χ1n) is 9.36. The maximum Gasteiger partial charge on any atom is 0.271 e. The average Bonchev–Trinajstić information content (AvgIpc) is 3.17. The van der Waals surface area contributed by atoms with Crippen LogP contribution in [-0.4, -0.2) is 36.3 Å². The van der Waals surface area contributed by atoms with Gasteiger partial charge < -0.3 is 5.32 Å². The summed E-state index contributed by atoms with van der Waals surface area (Å²) in [6.45, 7) is 4.05. The highest BCUT2D eigenvalue weighted by molar-refractivity contribution is 8.00. The van der Waals surface area contributed by atoms with Crippen molar-refractivity contribution in [3.63, 3.8) is 0 Å². The molecule has 0 unspecified atom stereocenters. The molecule has 0 aliphatic carbocycles. The smallest absolute Gasteiger partial charge is 0.271 e. The minimum Gasteiger partial charge on any atom is -0.325 e. The van der Waals surface area contributed by atoms with Crippen LogP contribution in [0, 0.1) is 24.0 Å². The van der Waals surface area contributed by atoms with Gasteiger partial charge in [0, 0.05) is 17.8 Å². The topological polar surface area (TPSA) is 116 Å². The molecular weight excluding hydrogens is 416 g/mol. The predicted molar refractivity (Wildman–Crippen MR) is 119 cm³/mol. The maximum absolute atomic E-state index is 12.3. The second-order valence-corrected chi connectivity index (χ2v) is 7.87. The Morgan fingerprint density at radius 1 is 1.19 bits per heavy atom. The molecular formula is C21H18N6O3S. The molecule has 0 saturated carbocycles. The Hall–Kier alpha value is -3.79. The predicted octanol–water partition coefficient (Wildman–Crippen LogP) is 4.07. The number of nitro groups is 1. The highest BCUT2D eigenvalue weighted by Crippen LogP contribution is 2.27. The molecule has 0 aliphatic heterocycles. The lowest BCUT2D eigenvalue weighted by Gasteiger charge is -2.08. The Bertz CT molecular complexity index is 1300. The van der Waals surface area contributed by atoms with Crippen molar-refractivity contribution in [3.8, 4) is 5.69 Å². The fraction of sp³-hybridized carbons (Fsp3) is 0.143. The van der Waals surface area contributed by atoms with E-state index in [0.29, 0.717) is 16.4 Å². The van der Waals surface area contributed by atoms with Crippen molar-refractivity contribution < 1.29 is 9.72 Å². The summed E-state index contributed by atoms with van der Waals surface area (Å²) in [5.41, 5.74) is 4.12. The lowest BCUT2D eigenvalue weighted by Crippen LogP contribution is -2.14. The second kappa shape index (κ2) is 8.52. The van der Waals surface area contributed by atoms with Gasteiger partial charge in [-0.3, -0.25) is 14.9 Å². The van der Waals surface area contributed by atoms with Crippen molar-refractivity contribution in [1.29, 1.82) is 0 Å². The van der Waals surface area contributed by atoms with Gasteiger partial charge in [0.1, 0.15) is 11.4 Å². The number of amides is 1. The van der Waals surface area contributed by atoms with E-state index < -0.39 is 4.92 Å². The van der Waals surface area contributed by atoms with Crippen molar-refractivity contribution in [2.45, 2.75) is 18.9 Å². The number of carbonyl (C=O) groups excluding carboxylic acids is 1. The van der Waals surface area contributed by atoms with Crippen LogP contribution in [0.4, 0.5) is 11.4 Å². The van der Waals surface area contributed by atoms with E-state index in [1.165, 1.54) is 41.9 Å². The van der Waals surface area contributed by atoms with Gasteiger partial charge in [-0.05, 0) is 31.5 Å². The number of fused-ring (bicyclic) bond motifs is 1. The largest absolute Gasteiger partial charge is 0.325 e. The molecule has 0 atom stereocenters. The zero-order chi connectivity index (χ0) is 22.0. The molecule has 1 amide bonds. The van der Waals surface area contributed by atoms with Crippen LogP contribution in [0.3, 0.4) is 0 Å². The lowest BCUT2D eigenvalue weighted by atomic mass is 10.1. The zero-order valence-electron chi connectivity index (χ0n) is 16.8. The van der Waals surface area contributed by atoms with Crippen LogP contribution in [0.25, 0.3) is 16.7 Å². The number of hydrogen-bond acceptors (Lipinski definition) is 7. The van der Waals surface area contributed by atoms with Crippen LogP contribution in [0.5, 0.6) is 0 Å². The molecule has 0 aliphatic rings. The fourth-order valence-corrected chi connectivity index (χ4v) is 3.95. The molecule has 9 nitrogen and oxygen atoms in total. The van der Waals surface area contributed by atoms with Gasteiger partial charge in [-0.25, -0.2) is 14.6 Å². The number of benzene rings is 2. The van der Waals surface area contributed by atoms with Gasteiger partial charge in [-0.1, -0.05) is 35.5 Å². The van der Waals surface area contributed by atoms with Crippen LogP contribution >= 0.6 is 11.8 Å². The highest BCUT2D eigenvalue weighted by atomic mass is 32.2. The SMILES string of the molecule is Cc1ccc(-n2ncc3c(SCC(=O)Nc4cccc([N+](=O)[O-])c4)ncnc32)c(C)c1. The number of thioether (sulfide) groups is 1. The van der Waals surface area contributed by atoms with Crippen LogP contribution in [0.1, 0.15) is 11.1 Å². The fourth-order valence-electron chi connectivity index (χ4n) is 3.19. The Morgan fingerprint density at radius 2 is 2.03 bits per heavy atom. The van der Waals surface area contributed by atoms with Crippen molar-refractivity contribution >= 4 is 40.1 Å². The van der Waals surface area contributed by atoms with E-state index in [9.17, 15) is 14.9 Å². The number of rotatable bonds is 6. The highest BCUT2D eigenvalue weighted by Gasteiger charge is 2.15. The van der Waals surface area contributed by atoms with Gasteiger partial charge in [0.05, 0.1) is 27.9 Å². The zero-order valence-corrected chi connectivity index (χ0v) is 17.6. The van der Waals surface area contributed by atoms with Gasteiger partial charge in [-0.2, -0.15) is 5.10 Å². The molecule has 10 heteroatoms. The summed E-state index contributed by atoms with van der Waals surface area (Å²) in [7, 11) is 0. The number of carbonyl (C=O) groups is 1. The summed E-state index contributed by atoms with van der Waals surface area (Å²) in [4.78, 5) is 31.4. The Labute approximate surface area is 181 Å². The van der Waals surface area contributed by atoms with Gasteiger partial charge >= 0.3 is 0 Å². The molecule has 2 heterocycles. The van der Waals surface area contributed by atoms with Crippen LogP contribution in [0.15, 0.2) is 60.0 Å². The van der Waals surface area contributed by atoms with Crippen LogP contribution in [-0.2, 0) is 4.79 Å². The monoisotopic (exact) mass is 434 g/mol. The number of nitrogens with zero attached hydrogens (tertiary/aromatic N) is 5. The summed E-state index contributed by atoms with van der Waals surface area (Å²) in [6, 6.07) is 11.9. The van der Waals surface area contributed by atoms with E-state index >= 15 is 0 Å². The summed E-state index contributed by atoms with van der Waals surface area (Å²) >= 11 is 1.25. The number of hydrogen-bond donors (Lipinski definition) is 1. The lowest BCUT2D eigenvalue weighted by molar-refractivity contribution is -0.384. The van der Waals surface area contributed by atoms with E-state index in [1.807, 2.05) is 26.0 Å². The van der Waals surface area contributed by atoms with Crippen molar-refractivity contribution in [3.05, 3.63) is 76.2 Å². The van der Waals surface area contributed by atoms with E-state index in [4.69, 9.17) is 0 Å². The summed E-state index contributed by atoms with van der Waals surface area (Å²) in [5, 5.41) is 19.4. The minimum atomic E-state index is -0.505. The van der Waals surface area contributed by atoms with Gasteiger partial charge in [0.2, 0.25) is 5.91 Å². The minimum absolute atomic E-state index is 0.0817. The molecule has 156 valence electrons. The number of nitro benzene ring substituents is 1. The summed E-state index contributed by atoms with van der Waals surface area (Å²) < 4.78 is 1.76. The van der Waals surface area contributed by atoms with E-state index in [1.54, 1.807) is 16.9 Å². The average molecular weight is 434 g/mol. The molecule has 0 radical (unpaired) electrons. The molecule has 4 rings (SSSR count). The summed E-state index contributed by atoms with van der Waals surface area (Å²) in [6.07, 6.45) is 3.14. The third-order valence-electron chi connectivity index (χ3n) is 4.59. The van der Waals surface area contributed by atoms with Gasteiger partial charge in [0.15, 0.2) is 5.65 Å². The first-order valence-corrected chi connectivity index (χ1v) is 10.3. The molecule has 1 N–H and O–H groups in total. The third-order valence-corrected chi connectivity index (χ3v) is 5.60. The van der Waals surface area contributed by atoms with Crippen molar-refractivity contribution in [2.75, 3.05) is 11.1 Å². The number of aromatic nitrogens is 4. The molecule has 0 fully saturated rings. The first-order chi connectivity index (χ1) is 14.9. The van der Waals surface area contributed by atoms with E-state index in [2.05, 4.69) is 26.4 Å². The number of aryl methyl sites for hydroxylation is 2. The molecule has 0 bridgehead atoms.